The molecule has 1 N–H and O–H groups in total. The molecule has 0 saturated heterocycles. The van der Waals surface area contributed by atoms with E-state index >= 15 is 0 Å². The second kappa shape index (κ2) is 3.65. The monoisotopic (exact) mass is 214 g/mol. The molecule has 57 valence electrons. The Hall–Kier alpha value is -0.934. The van der Waals surface area contributed by atoms with Crippen molar-refractivity contribution < 1.29 is 5.11 Å². The topological polar surface area (TPSA) is 33.1 Å². The summed E-state index contributed by atoms with van der Waals surface area (Å²) in [6.07, 6.45) is 1.67. The Balaban J connectivity index is 0.000000720. The van der Waals surface area contributed by atoms with E-state index in [1.54, 1.807) is 18.3 Å². The molecular formula is C9H7GaNO. The molecule has 0 atom stereocenters. The van der Waals surface area contributed by atoms with Gasteiger partial charge in [-0.1, -0.05) is 18.2 Å². The molecule has 12 heavy (non-hydrogen) atoms. The van der Waals surface area contributed by atoms with Gasteiger partial charge in [0.1, 0.15) is 11.3 Å². The smallest absolute Gasteiger partial charge is 0.141 e. The zero-order valence-electron chi connectivity index (χ0n) is 6.44. The Bertz CT molecular complexity index is 384. The van der Waals surface area contributed by atoms with E-state index in [0.29, 0.717) is 5.52 Å². The van der Waals surface area contributed by atoms with Crippen LogP contribution < -0.4 is 0 Å². The maximum Gasteiger partial charge on any atom is 0.141 e. The molecule has 2 aromatic rings. The van der Waals surface area contributed by atoms with Crippen LogP contribution in [0.15, 0.2) is 36.5 Å². The van der Waals surface area contributed by atoms with Crippen LogP contribution in [0.3, 0.4) is 0 Å². The van der Waals surface area contributed by atoms with Crippen molar-refractivity contribution in [2.24, 2.45) is 0 Å². The second-order valence-corrected chi connectivity index (χ2v) is 2.35. The number of rotatable bonds is 0. The largest absolute Gasteiger partial charge is 0.506 e. The summed E-state index contributed by atoms with van der Waals surface area (Å²) in [5.41, 5.74) is 0.662. The number of hydrogen-bond acceptors (Lipinski definition) is 2. The summed E-state index contributed by atoms with van der Waals surface area (Å²) in [6, 6.07) is 9.13. The molecule has 0 amide bonds. The Labute approximate surface area is 83.3 Å². The molecule has 1 heterocycles. The van der Waals surface area contributed by atoms with Crippen molar-refractivity contribution in [1.82, 2.24) is 4.98 Å². The fourth-order valence-corrected chi connectivity index (χ4v) is 1.09. The van der Waals surface area contributed by atoms with Gasteiger partial charge in [-0.05, 0) is 12.1 Å². The first-order chi connectivity index (χ1) is 5.38. The van der Waals surface area contributed by atoms with Gasteiger partial charge in [0.15, 0.2) is 0 Å². The summed E-state index contributed by atoms with van der Waals surface area (Å²) < 4.78 is 0. The van der Waals surface area contributed by atoms with Gasteiger partial charge < -0.3 is 5.11 Å². The molecule has 0 saturated carbocycles. The molecule has 0 aliphatic carbocycles. The Morgan fingerprint density at radius 3 is 2.58 bits per heavy atom. The number of phenols is 1. The molecule has 1 aromatic heterocycles. The summed E-state index contributed by atoms with van der Waals surface area (Å²) in [6.45, 7) is 0. The fourth-order valence-electron chi connectivity index (χ4n) is 1.09. The van der Waals surface area contributed by atoms with E-state index in [-0.39, 0.29) is 25.5 Å². The number of para-hydroxylation sites is 1. The second-order valence-electron chi connectivity index (χ2n) is 2.35. The summed E-state index contributed by atoms with van der Waals surface area (Å²) in [5.74, 6) is 0.239. The van der Waals surface area contributed by atoms with Crippen LogP contribution in [0, 0.1) is 0 Å². The van der Waals surface area contributed by atoms with Gasteiger partial charge in [0, 0.05) is 31.4 Å². The van der Waals surface area contributed by atoms with Crippen molar-refractivity contribution in [3.8, 4) is 5.75 Å². The van der Waals surface area contributed by atoms with E-state index in [1.807, 2.05) is 18.2 Å². The number of phenolic OH excluding ortho intramolecular Hbond substituents is 1. The third kappa shape index (κ3) is 1.47. The summed E-state index contributed by atoms with van der Waals surface area (Å²) in [5, 5.41) is 10.3. The number of aromatic hydroxyl groups is 1. The van der Waals surface area contributed by atoms with Gasteiger partial charge in [-0.15, -0.1) is 0 Å². The predicted molar refractivity (Wildman–Crippen MR) is 49.2 cm³/mol. The normalized spacial score (nSPS) is 9.33. The Morgan fingerprint density at radius 2 is 1.83 bits per heavy atom. The molecule has 3 heteroatoms. The number of aromatic nitrogens is 1. The first-order valence-corrected chi connectivity index (χ1v) is 3.40. The van der Waals surface area contributed by atoms with Gasteiger partial charge in [0.2, 0.25) is 0 Å². The van der Waals surface area contributed by atoms with Crippen molar-refractivity contribution in [2.75, 3.05) is 0 Å². The summed E-state index contributed by atoms with van der Waals surface area (Å²) in [4.78, 5) is 4.03. The van der Waals surface area contributed by atoms with Gasteiger partial charge in [0.05, 0.1) is 0 Å². The number of pyridine rings is 1. The van der Waals surface area contributed by atoms with E-state index in [0.717, 1.165) is 5.39 Å². The van der Waals surface area contributed by atoms with Crippen LogP contribution in [-0.2, 0) is 0 Å². The molecule has 1 aromatic carbocycles. The molecule has 0 bridgehead atoms. The first kappa shape index (κ1) is 9.16. The van der Waals surface area contributed by atoms with Crippen LogP contribution in [0.2, 0.25) is 0 Å². The van der Waals surface area contributed by atoms with E-state index in [4.69, 9.17) is 0 Å². The molecule has 0 aliphatic heterocycles. The van der Waals surface area contributed by atoms with Crippen LogP contribution in [0.25, 0.3) is 10.9 Å². The molecule has 0 unspecified atom stereocenters. The van der Waals surface area contributed by atoms with Crippen LogP contribution in [-0.4, -0.2) is 29.9 Å². The van der Waals surface area contributed by atoms with Crippen molar-refractivity contribution >= 4 is 30.7 Å². The van der Waals surface area contributed by atoms with Crippen molar-refractivity contribution in [1.29, 1.82) is 0 Å². The summed E-state index contributed by atoms with van der Waals surface area (Å²) >= 11 is 0. The number of nitrogens with zero attached hydrogens (tertiary/aromatic N) is 1. The molecule has 2 rings (SSSR count). The van der Waals surface area contributed by atoms with Gasteiger partial charge >= 0.3 is 0 Å². The van der Waals surface area contributed by atoms with Crippen molar-refractivity contribution in [3.05, 3.63) is 36.5 Å². The molecular weight excluding hydrogens is 208 g/mol. The summed E-state index contributed by atoms with van der Waals surface area (Å²) in [7, 11) is 0. The number of hydrogen-bond donors (Lipinski definition) is 1. The van der Waals surface area contributed by atoms with Crippen molar-refractivity contribution in [2.45, 2.75) is 0 Å². The fraction of sp³-hybridized carbons (Fsp3) is 0. The minimum atomic E-state index is 0. The minimum absolute atomic E-state index is 0. The molecule has 0 spiro atoms. The quantitative estimate of drug-likeness (QED) is 0.676. The van der Waals surface area contributed by atoms with Crippen LogP contribution >= 0.6 is 0 Å². The average molecular weight is 215 g/mol. The van der Waals surface area contributed by atoms with Crippen LogP contribution in [0.5, 0.6) is 5.75 Å². The van der Waals surface area contributed by atoms with E-state index in [9.17, 15) is 5.11 Å². The number of fused-ring (bicyclic) bond motifs is 1. The Kier molecular flexibility index (Phi) is 2.78. The maximum atomic E-state index is 9.31. The third-order valence-electron chi connectivity index (χ3n) is 1.61. The van der Waals surface area contributed by atoms with Crippen LogP contribution in [0.1, 0.15) is 0 Å². The zero-order chi connectivity index (χ0) is 7.68. The molecule has 0 aliphatic rings. The maximum absolute atomic E-state index is 9.31. The SMILES string of the molecule is Oc1cccc2cccnc12.[Ga]. The third-order valence-corrected chi connectivity index (χ3v) is 1.61. The minimum Gasteiger partial charge on any atom is -0.506 e. The predicted octanol–water partition coefficient (Wildman–Crippen LogP) is 1.56. The zero-order valence-corrected chi connectivity index (χ0v) is 8.86. The van der Waals surface area contributed by atoms with Gasteiger partial charge in [-0.2, -0.15) is 0 Å². The van der Waals surface area contributed by atoms with Crippen LogP contribution in [0.4, 0.5) is 0 Å². The molecule has 2 nitrogen and oxygen atoms in total. The van der Waals surface area contributed by atoms with E-state index in [2.05, 4.69) is 4.98 Å². The molecule has 0 fully saturated rings. The standard InChI is InChI=1S/C9H7NO.Ga/c11-8-5-1-3-7-4-2-6-10-9(7)8;/h1-6,11H;. The van der Waals surface area contributed by atoms with Crippen molar-refractivity contribution in [3.63, 3.8) is 0 Å². The molecule has 3 radical (unpaired) electrons. The van der Waals surface area contributed by atoms with E-state index in [1.165, 1.54) is 0 Å². The first-order valence-electron chi connectivity index (χ1n) is 3.40. The average Bonchev–Trinajstić information content (AvgIpc) is 2.06. The number of benzene rings is 1. The van der Waals surface area contributed by atoms with E-state index < -0.39 is 0 Å². The van der Waals surface area contributed by atoms with Gasteiger partial charge in [-0.3, -0.25) is 4.98 Å². The Morgan fingerprint density at radius 1 is 1.08 bits per heavy atom. The van der Waals surface area contributed by atoms with Gasteiger partial charge in [-0.25, -0.2) is 0 Å². The van der Waals surface area contributed by atoms with Gasteiger partial charge in [0.25, 0.3) is 0 Å².